The van der Waals surface area contributed by atoms with Gasteiger partial charge < -0.3 is 10.1 Å². The van der Waals surface area contributed by atoms with Crippen LogP contribution in [0.1, 0.15) is 33.6 Å². The number of unbranched alkanes of at least 4 members (excludes halogenated alkanes) is 1. The molecule has 0 aliphatic rings. The van der Waals surface area contributed by atoms with E-state index in [2.05, 4.69) is 17.6 Å². The van der Waals surface area contributed by atoms with Crippen molar-refractivity contribution < 1.29 is 14.3 Å². The molecule has 5 heteroatoms. The third-order valence-electron chi connectivity index (χ3n) is 2.06. The van der Waals surface area contributed by atoms with Gasteiger partial charge in [-0.15, -0.1) is 0 Å². The molecule has 0 aromatic heterocycles. The van der Waals surface area contributed by atoms with Gasteiger partial charge in [0.2, 0.25) is 5.91 Å². The number of nitrogens with one attached hydrogen (secondary N) is 2. The van der Waals surface area contributed by atoms with Crippen LogP contribution in [0.2, 0.25) is 0 Å². The first kappa shape index (κ1) is 14.9. The van der Waals surface area contributed by atoms with Crippen LogP contribution in [0.4, 0.5) is 0 Å². The summed E-state index contributed by atoms with van der Waals surface area (Å²) in [6.07, 6.45) is 2.02. The summed E-state index contributed by atoms with van der Waals surface area (Å²) in [7, 11) is 0. The Morgan fingerprint density at radius 2 is 2.00 bits per heavy atom. The van der Waals surface area contributed by atoms with E-state index >= 15 is 0 Å². The van der Waals surface area contributed by atoms with Gasteiger partial charge in [-0.05, 0) is 20.3 Å². The van der Waals surface area contributed by atoms with E-state index in [0.717, 1.165) is 12.8 Å². The number of rotatable bonds is 8. The van der Waals surface area contributed by atoms with Gasteiger partial charge in [0, 0.05) is 6.54 Å². The third-order valence-corrected chi connectivity index (χ3v) is 2.06. The largest absolute Gasteiger partial charge is 0.465 e. The summed E-state index contributed by atoms with van der Waals surface area (Å²) in [5.41, 5.74) is 0. The maximum atomic E-state index is 11.3. The van der Waals surface area contributed by atoms with Gasteiger partial charge in [-0.25, -0.2) is 0 Å². The summed E-state index contributed by atoms with van der Waals surface area (Å²) in [6.45, 7) is 6.68. The van der Waals surface area contributed by atoms with E-state index in [-0.39, 0.29) is 18.4 Å². The van der Waals surface area contributed by atoms with Crippen molar-refractivity contribution in [2.45, 2.75) is 39.7 Å². The van der Waals surface area contributed by atoms with Crippen LogP contribution in [0.5, 0.6) is 0 Å². The number of hydrogen-bond donors (Lipinski definition) is 2. The Balaban J connectivity index is 3.62. The lowest BCUT2D eigenvalue weighted by atomic mass is 10.3. The first-order valence-electron chi connectivity index (χ1n) is 5.78. The molecular weight excluding hydrogens is 208 g/mol. The molecule has 0 saturated heterocycles. The Morgan fingerprint density at radius 1 is 1.31 bits per heavy atom. The van der Waals surface area contributed by atoms with Crippen LogP contribution in [0, 0.1) is 0 Å². The van der Waals surface area contributed by atoms with Crippen molar-refractivity contribution in [3.05, 3.63) is 0 Å². The number of carbonyl (C=O) groups is 2. The summed E-state index contributed by atoms with van der Waals surface area (Å²) >= 11 is 0. The predicted octanol–water partition coefficient (Wildman–Crippen LogP) is 0.444. The first-order chi connectivity index (χ1) is 7.61. The molecule has 0 aromatic carbocycles. The Hall–Kier alpha value is -1.10. The zero-order valence-electron chi connectivity index (χ0n) is 10.3. The van der Waals surface area contributed by atoms with Gasteiger partial charge in [-0.3, -0.25) is 14.9 Å². The van der Waals surface area contributed by atoms with Crippen molar-refractivity contribution in [1.29, 1.82) is 0 Å². The lowest BCUT2D eigenvalue weighted by molar-refractivity contribution is -0.145. The first-order valence-corrected chi connectivity index (χ1v) is 5.78. The summed E-state index contributed by atoms with van der Waals surface area (Å²) in [4.78, 5) is 22.5. The van der Waals surface area contributed by atoms with Gasteiger partial charge in [0.1, 0.15) is 6.04 Å². The molecule has 2 N–H and O–H groups in total. The molecule has 0 aromatic rings. The van der Waals surface area contributed by atoms with Crippen LogP contribution in [0.25, 0.3) is 0 Å². The molecule has 94 valence electrons. The predicted molar refractivity (Wildman–Crippen MR) is 62.0 cm³/mol. The summed E-state index contributed by atoms with van der Waals surface area (Å²) < 4.78 is 4.80. The van der Waals surface area contributed by atoms with Crippen molar-refractivity contribution in [3.63, 3.8) is 0 Å². The summed E-state index contributed by atoms with van der Waals surface area (Å²) in [5, 5.41) is 5.56. The maximum Gasteiger partial charge on any atom is 0.322 e. The summed E-state index contributed by atoms with van der Waals surface area (Å²) in [6, 6.07) is -0.447. The quantitative estimate of drug-likeness (QED) is 0.469. The lowest BCUT2D eigenvalue weighted by Gasteiger charge is -2.12. The molecular formula is C11H22N2O3. The molecule has 0 bridgehead atoms. The van der Waals surface area contributed by atoms with Crippen LogP contribution in [-0.2, 0) is 14.3 Å². The number of esters is 1. The molecule has 1 unspecified atom stereocenters. The van der Waals surface area contributed by atoms with Gasteiger partial charge >= 0.3 is 5.97 Å². The van der Waals surface area contributed by atoms with Gasteiger partial charge in [0.25, 0.3) is 0 Å². The van der Waals surface area contributed by atoms with Crippen molar-refractivity contribution >= 4 is 11.9 Å². The molecule has 1 amide bonds. The van der Waals surface area contributed by atoms with Crippen LogP contribution in [0.15, 0.2) is 0 Å². The molecule has 0 spiro atoms. The molecule has 0 aliphatic carbocycles. The molecule has 16 heavy (non-hydrogen) atoms. The van der Waals surface area contributed by atoms with Crippen molar-refractivity contribution in [3.8, 4) is 0 Å². The highest BCUT2D eigenvalue weighted by molar-refractivity contribution is 5.80. The topological polar surface area (TPSA) is 67.4 Å². The minimum atomic E-state index is -0.447. The van der Waals surface area contributed by atoms with Gasteiger partial charge in [0.05, 0.1) is 13.2 Å². The van der Waals surface area contributed by atoms with E-state index in [1.807, 2.05) is 0 Å². The molecule has 0 radical (unpaired) electrons. The van der Waals surface area contributed by atoms with E-state index < -0.39 is 6.04 Å². The average Bonchev–Trinajstić information content (AvgIpc) is 2.26. The van der Waals surface area contributed by atoms with E-state index in [9.17, 15) is 9.59 Å². The van der Waals surface area contributed by atoms with Crippen LogP contribution < -0.4 is 10.6 Å². The highest BCUT2D eigenvalue weighted by atomic mass is 16.5. The second kappa shape index (κ2) is 9.15. The van der Waals surface area contributed by atoms with Crippen LogP contribution in [-0.4, -0.2) is 37.6 Å². The highest BCUT2D eigenvalue weighted by Gasteiger charge is 2.13. The zero-order valence-corrected chi connectivity index (χ0v) is 10.3. The van der Waals surface area contributed by atoms with Crippen molar-refractivity contribution in [2.24, 2.45) is 0 Å². The van der Waals surface area contributed by atoms with Gasteiger partial charge in [-0.2, -0.15) is 0 Å². The normalized spacial score (nSPS) is 11.9. The van der Waals surface area contributed by atoms with Gasteiger partial charge in [-0.1, -0.05) is 13.3 Å². The van der Waals surface area contributed by atoms with E-state index in [0.29, 0.717) is 13.2 Å². The van der Waals surface area contributed by atoms with Crippen LogP contribution in [0.3, 0.4) is 0 Å². The van der Waals surface area contributed by atoms with Crippen molar-refractivity contribution in [2.75, 3.05) is 19.7 Å². The number of carbonyl (C=O) groups excluding carboxylic acids is 2. The fraction of sp³-hybridized carbons (Fsp3) is 0.818. The minimum Gasteiger partial charge on any atom is -0.465 e. The zero-order chi connectivity index (χ0) is 12.4. The highest BCUT2D eigenvalue weighted by Crippen LogP contribution is 1.87. The maximum absolute atomic E-state index is 11.3. The molecule has 1 atom stereocenters. The third kappa shape index (κ3) is 7.23. The van der Waals surface area contributed by atoms with Gasteiger partial charge in [0.15, 0.2) is 0 Å². The SMILES string of the molecule is CCCCNC(=O)CNC(C)C(=O)OCC. The summed E-state index contributed by atoms with van der Waals surface area (Å²) in [5.74, 6) is -0.423. The smallest absolute Gasteiger partial charge is 0.322 e. The second-order valence-corrected chi connectivity index (χ2v) is 3.56. The molecule has 0 fully saturated rings. The Bertz CT molecular complexity index is 219. The average molecular weight is 230 g/mol. The van der Waals surface area contributed by atoms with E-state index in [1.54, 1.807) is 13.8 Å². The number of hydrogen-bond acceptors (Lipinski definition) is 4. The van der Waals surface area contributed by atoms with E-state index in [4.69, 9.17) is 4.74 Å². The Morgan fingerprint density at radius 3 is 2.56 bits per heavy atom. The standard InChI is InChI=1S/C11H22N2O3/c1-4-6-7-12-10(14)8-13-9(3)11(15)16-5-2/h9,13H,4-8H2,1-3H3,(H,12,14). The molecule has 0 rings (SSSR count). The Labute approximate surface area is 96.9 Å². The van der Waals surface area contributed by atoms with Crippen molar-refractivity contribution in [1.82, 2.24) is 10.6 Å². The lowest BCUT2D eigenvalue weighted by Crippen LogP contribution is -2.42. The minimum absolute atomic E-state index is 0.0930. The number of amides is 1. The second-order valence-electron chi connectivity index (χ2n) is 3.56. The van der Waals surface area contributed by atoms with Crippen LogP contribution >= 0.6 is 0 Å². The number of ether oxygens (including phenoxy) is 1. The molecule has 0 heterocycles. The molecule has 0 aliphatic heterocycles. The fourth-order valence-electron chi connectivity index (χ4n) is 1.06. The Kier molecular flexibility index (Phi) is 8.52. The van der Waals surface area contributed by atoms with E-state index in [1.165, 1.54) is 0 Å². The molecule has 0 saturated carbocycles. The molecule has 5 nitrogen and oxygen atoms in total. The monoisotopic (exact) mass is 230 g/mol. The fourth-order valence-corrected chi connectivity index (χ4v) is 1.06.